The lowest BCUT2D eigenvalue weighted by molar-refractivity contribution is -0.139. The average Bonchev–Trinajstić information content (AvgIpc) is 3.30. The first-order valence-corrected chi connectivity index (χ1v) is 15.5. The Balaban J connectivity index is 1.54. The summed E-state index contributed by atoms with van der Waals surface area (Å²) in [5.74, 6) is 1.20. The quantitative estimate of drug-likeness (QED) is 0.193. The minimum Gasteiger partial charge on any atom is -0.497 e. The van der Waals surface area contributed by atoms with Gasteiger partial charge in [0.1, 0.15) is 12.4 Å². The number of halogens is 2. The van der Waals surface area contributed by atoms with Crippen molar-refractivity contribution in [2.24, 2.45) is 4.99 Å². The minimum absolute atomic E-state index is 0.198. The Hall–Kier alpha value is -4.05. The largest absolute Gasteiger partial charge is 0.497 e. The number of aromatic nitrogens is 1. The predicted octanol–water partition coefficient (Wildman–Crippen LogP) is 6.09. The molecule has 8 nitrogen and oxygen atoms in total. The summed E-state index contributed by atoms with van der Waals surface area (Å²) in [6.07, 6.45) is 1.78. The number of benzene rings is 3. The number of allylic oxidation sites excluding steroid dienone is 1. The van der Waals surface area contributed by atoms with E-state index in [1.54, 1.807) is 61.9 Å². The number of thiazole rings is 1. The molecule has 0 N–H and O–H groups in total. The fourth-order valence-electron chi connectivity index (χ4n) is 4.84. The van der Waals surface area contributed by atoms with Gasteiger partial charge in [-0.1, -0.05) is 58.8 Å². The average molecular weight is 654 g/mol. The molecule has 0 spiro atoms. The molecule has 0 saturated heterocycles. The first kappa shape index (κ1) is 31.4. The summed E-state index contributed by atoms with van der Waals surface area (Å²) in [6, 6.07) is 17.2. The van der Waals surface area contributed by atoms with Crippen molar-refractivity contribution in [1.29, 1.82) is 0 Å². The van der Waals surface area contributed by atoms with Crippen molar-refractivity contribution in [3.63, 3.8) is 0 Å². The van der Waals surface area contributed by atoms with Crippen molar-refractivity contribution in [3.8, 4) is 17.2 Å². The zero-order chi connectivity index (χ0) is 31.4. The highest BCUT2D eigenvalue weighted by Crippen LogP contribution is 2.33. The van der Waals surface area contributed by atoms with Gasteiger partial charge in [0.25, 0.3) is 5.56 Å². The van der Waals surface area contributed by atoms with Crippen LogP contribution in [0.25, 0.3) is 6.08 Å². The number of nitrogens with zero attached hydrogens (tertiary/aromatic N) is 2. The van der Waals surface area contributed by atoms with Crippen molar-refractivity contribution >= 4 is 46.6 Å². The molecular weight excluding hydrogens is 623 g/mol. The normalized spacial score (nSPS) is 14.6. The zero-order valence-electron chi connectivity index (χ0n) is 24.6. The fraction of sp³-hybridized carbons (Fsp3) is 0.242. The molecule has 0 bridgehead atoms. The van der Waals surface area contributed by atoms with Crippen molar-refractivity contribution in [2.75, 3.05) is 20.3 Å². The maximum absolute atomic E-state index is 14.0. The molecular formula is C33H30Cl2N2O6S. The molecule has 1 atom stereocenters. The summed E-state index contributed by atoms with van der Waals surface area (Å²) in [7, 11) is 1.58. The van der Waals surface area contributed by atoms with E-state index in [0.717, 1.165) is 16.7 Å². The van der Waals surface area contributed by atoms with Gasteiger partial charge in [-0.2, -0.15) is 0 Å². The second-order valence-electron chi connectivity index (χ2n) is 9.74. The van der Waals surface area contributed by atoms with E-state index in [0.29, 0.717) is 54.5 Å². The highest BCUT2D eigenvalue weighted by Gasteiger charge is 2.33. The standard InChI is InChI=1S/C33H30Cl2N2O6S/c1-5-41-27-15-20(7-14-26(27)43-18-22-8-11-23(34)17-25(22)35)16-28-31(38)37-30(21-9-12-24(40-4)13-10-21)29(32(39)42-6-2)19(3)36-33(37)44-28/h7-17,30H,5-6,18H2,1-4H3/b28-16-. The lowest BCUT2D eigenvalue weighted by Gasteiger charge is -2.24. The van der Waals surface area contributed by atoms with Gasteiger partial charge in [0.05, 0.1) is 42.2 Å². The van der Waals surface area contributed by atoms with Gasteiger partial charge in [-0.05, 0) is 74.4 Å². The van der Waals surface area contributed by atoms with Gasteiger partial charge in [0.2, 0.25) is 0 Å². The van der Waals surface area contributed by atoms with Gasteiger partial charge in [-0.3, -0.25) is 9.36 Å². The number of esters is 1. The molecule has 2 heterocycles. The maximum atomic E-state index is 14.0. The molecule has 0 radical (unpaired) electrons. The van der Waals surface area contributed by atoms with Crippen LogP contribution in [0.1, 0.15) is 43.5 Å². The fourth-order valence-corrected chi connectivity index (χ4v) is 6.35. The van der Waals surface area contributed by atoms with E-state index in [2.05, 4.69) is 4.99 Å². The molecule has 11 heteroatoms. The molecule has 1 aromatic heterocycles. The second kappa shape index (κ2) is 13.7. The minimum atomic E-state index is -0.715. The van der Waals surface area contributed by atoms with E-state index in [1.165, 1.54) is 11.3 Å². The Morgan fingerprint density at radius 1 is 1.00 bits per heavy atom. The molecule has 1 aliphatic rings. The van der Waals surface area contributed by atoms with Crippen LogP contribution in [0.2, 0.25) is 10.0 Å². The third kappa shape index (κ3) is 6.55. The Bertz CT molecular complexity index is 1910. The molecule has 3 aromatic carbocycles. The number of ether oxygens (including phenoxy) is 4. The Morgan fingerprint density at radius 3 is 2.45 bits per heavy atom. The van der Waals surface area contributed by atoms with Gasteiger partial charge in [0.15, 0.2) is 16.3 Å². The van der Waals surface area contributed by atoms with Crippen LogP contribution in [-0.4, -0.2) is 30.9 Å². The smallest absolute Gasteiger partial charge is 0.338 e. The molecule has 0 aliphatic carbocycles. The van der Waals surface area contributed by atoms with Gasteiger partial charge in [-0.15, -0.1) is 0 Å². The number of carbonyl (C=O) groups excluding carboxylic acids is 1. The maximum Gasteiger partial charge on any atom is 0.338 e. The molecule has 0 amide bonds. The molecule has 228 valence electrons. The van der Waals surface area contributed by atoms with Crippen LogP contribution in [0, 0.1) is 0 Å². The number of hydrogen-bond donors (Lipinski definition) is 0. The van der Waals surface area contributed by atoms with Crippen molar-refractivity contribution in [2.45, 2.75) is 33.4 Å². The lowest BCUT2D eigenvalue weighted by atomic mass is 9.96. The van der Waals surface area contributed by atoms with Crippen LogP contribution in [-0.2, 0) is 16.1 Å². The van der Waals surface area contributed by atoms with Crippen LogP contribution >= 0.6 is 34.5 Å². The van der Waals surface area contributed by atoms with Crippen molar-refractivity contribution < 1.29 is 23.7 Å². The van der Waals surface area contributed by atoms with Crippen LogP contribution in [0.5, 0.6) is 17.2 Å². The van der Waals surface area contributed by atoms with Gasteiger partial charge in [0, 0.05) is 15.6 Å². The lowest BCUT2D eigenvalue weighted by Crippen LogP contribution is -2.39. The Labute approximate surface area is 268 Å². The van der Waals surface area contributed by atoms with Gasteiger partial charge < -0.3 is 18.9 Å². The predicted molar refractivity (Wildman–Crippen MR) is 172 cm³/mol. The van der Waals surface area contributed by atoms with Gasteiger partial charge in [-0.25, -0.2) is 9.79 Å². The molecule has 0 saturated carbocycles. The van der Waals surface area contributed by atoms with E-state index in [-0.39, 0.29) is 18.8 Å². The highest BCUT2D eigenvalue weighted by molar-refractivity contribution is 7.07. The number of methoxy groups -OCH3 is 1. The van der Waals surface area contributed by atoms with E-state index in [9.17, 15) is 9.59 Å². The number of hydrogen-bond acceptors (Lipinski definition) is 8. The molecule has 0 fully saturated rings. The van der Waals surface area contributed by atoms with Gasteiger partial charge >= 0.3 is 5.97 Å². The highest BCUT2D eigenvalue weighted by atomic mass is 35.5. The van der Waals surface area contributed by atoms with Crippen LogP contribution in [0.4, 0.5) is 0 Å². The van der Waals surface area contributed by atoms with Crippen LogP contribution in [0.3, 0.4) is 0 Å². The zero-order valence-corrected chi connectivity index (χ0v) is 26.9. The summed E-state index contributed by atoms with van der Waals surface area (Å²) in [4.78, 5) is 32.2. The third-order valence-electron chi connectivity index (χ3n) is 6.91. The summed E-state index contributed by atoms with van der Waals surface area (Å²) >= 11 is 13.6. The summed E-state index contributed by atoms with van der Waals surface area (Å²) in [5, 5.41) is 1.06. The molecule has 1 unspecified atom stereocenters. The molecule has 5 rings (SSSR count). The van der Waals surface area contributed by atoms with E-state index in [4.69, 9.17) is 42.1 Å². The van der Waals surface area contributed by atoms with Crippen molar-refractivity contribution in [3.05, 3.63) is 118 Å². The summed E-state index contributed by atoms with van der Waals surface area (Å²) < 4.78 is 24.6. The number of carbonyl (C=O) groups is 1. The molecule has 1 aliphatic heterocycles. The van der Waals surface area contributed by atoms with E-state index >= 15 is 0 Å². The Kier molecular flexibility index (Phi) is 9.78. The third-order valence-corrected chi connectivity index (χ3v) is 8.48. The van der Waals surface area contributed by atoms with E-state index in [1.807, 2.05) is 37.3 Å². The monoisotopic (exact) mass is 652 g/mol. The van der Waals surface area contributed by atoms with E-state index < -0.39 is 12.0 Å². The first-order valence-electron chi connectivity index (χ1n) is 13.9. The van der Waals surface area contributed by atoms with Crippen LogP contribution < -0.4 is 29.1 Å². The second-order valence-corrected chi connectivity index (χ2v) is 11.6. The SMILES string of the molecule is CCOC(=O)C1=C(C)N=c2s/c(=C\c3ccc(OCc4ccc(Cl)cc4Cl)c(OCC)c3)c(=O)n2C1c1ccc(OC)cc1. The molecule has 4 aromatic rings. The Morgan fingerprint density at radius 2 is 1.77 bits per heavy atom. The summed E-state index contributed by atoms with van der Waals surface area (Å²) in [6.45, 7) is 6.22. The number of fused-ring (bicyclic) bond motifs is 1. The topological polar surface area (TPSA) is 88.4 Å². The number of rotatable bonds is 10. The summed E-state index contributed by atoms with van der Waals surface area (Å²) in [5.41, 5.74) is 2.79. The van der Waals surface area contributed by atoms with Crippen LogP contribution in [0.15, 0.2) is 81.7 Å². The first-order chi connectivity index (χ1) is 21.2. The molecule has 44 heavy (non-hydrogen) atoms. The van der Waals surface area contributed by atoms with Crippen molar-refractivity contribution in [1.82, 2.24) is 4.57 Å².